The van der Waals surface area contributed by atoms with Crippen LogP contribution in [0.15, 0.2) is 27.3 Å². The van der Waals surface area contributed by atoms with Crippen molar-refractivity contribution in [1.29, 1.82) is 0 Å². The zero-order chi connectivity index (χ0) is 10.3. The molecule has 0 radical (unpaired) electrons. The second-order valence-corrected chi connectivity index (χ2v) is 4.97. The summed E-state index contributed by atoms with van der Waals surface area (Å²) in [6.45, 7) is 1.95. The molecule has 2 aromatic rings. The molecular weight excluding hydrogens is 329 g/mol. The van der Waals surface area contributed by atoms with Crippen LogP contribution in [0.3, 0.4) is 0 Å². The van der Waals surface area contributed by atoms with Crippen LogP contribution >= 0.6 is 43.5 Å². The predicted molar refractivity (Wildman–Crippen MR) is 66.9 cm³/mol. The minimum absolute atomic E-state index is 0.732. The van der Waals surface area contributed by atoms with Crippen LogP contribution in [-0.2, 0) is 0 Å². The van der Waals surface area contributed by atoms with Gasteiger partial charge in [-0.3, -0.25) is 0 Å². The largest absolute Gasteiger partial charge is 0.244 e. The monoisotopic (exact) mass is 333 g/mol. The number of fused-ring (bicyclic) bond motifs is 1. The van der Waals surface area contributed by atoms with Crippen molar-refractivity contribution in [2.24, 2.45) is 0 Å². The van der Waals surface area contributed by atoms with Gasteiger partial charge < -0.3 is 0 Å². The molecule has 14 heavy (non-hydrogen) atoms. The molecule has 0 saturated carbocycles. The summed E-state index contributed by atoms with van der Waals surface area (Å²) in [7, 11) is 0. The van der Waals surface area contributed by atoms with Crippen molar-refractivity contribution < 1.29 is 0 Å². The Morgan fingerprint density at radius 1 is 1.21 bits per heavy atom. The molecule has 1 aromatic carbocycles. The molecule has 0 amide bonds. The number of pyridine rings is 1. The molecule has 2 rings (SSSR count). The Hall–Kier alpha value is -0.120. The molecule has 1 nitrogen and oxygen atoms in total. The van der Waals surface area contributed by atoms with Crippen LogP contribution in [0.4, 0.5) is 0 Å². The molecule has 0 N–H and O–H groups in total. The smallest absolute Gasteiger partial charge is 0.114 e. The number of halogens is 3. The molecule has 0 bridgehead atoms. The van der Waals surface area contributed by atoms with E-state index in [1.165, 1.54) is 0 Å². The van der Waals surface area contributed by atoms with E-state index in [9.17, 15) is 0 Å². The fourth-order valence-electron chi connectivity index (χ4n) is 1.33. The fourth-order valence-corrected chi connectivity index (χ4v) is 2.53. The van der Waals surface area contributed by atoms with Crippen molar-refractivity contribution in [3.8, 4) is 0 Å². The van der Waals surface area contributed by atoms with E-state index < -0.39 is 0 Å². The van der Waals surface area contributed by atoms with Crippen LogP contribution in [-0.4, -0.2) is 4.98 Å². The summed E-state index contributed by atoms with van der Waals surface area (Å²) in [4.78, 5) is 4.36. The lowest BCUT2D eigenvalue weighted by molar-refractivity contribution is 1.18. The number of benzene rings is 1. The van der Waals surface area contributed by atoms with E-state index in [0.29, 0.717) is 0 Å². The number of aromatic nitrogens is 1. The van der Waals surface area contributed by atoms with Gasteiger partial charge in [-0.2, -0.15) is 0 Å². The quantitative estimate of drug-likeness (QED) is 0.635. The second kappa shape index (κ2) is 3.80. The van der Waals surface area contributed by atoms with Crippen molar-refractivity contribution in [3.05, 3.63) is 38.0 Å². The molecule has 0 aliphatic carbocycles. The highest BCUT2D eigenvalue weighted by Gasteiger charge is 2.07. The normalized spacial score (nSPS) is 10.9. The van der Waals surface area contributed by atoms with E-state index in [1.807, 2.05) is 25.1 Å². The summed E-state index contributed by atoms with van der Waals surface area (Å²) in [6.07, 6.45) is 0. The van der Waals surface area contributed by atoms with Crippen molar-refractivity contribution in [2.45, 2.75) is 6.92 Å². The highest BCUT2D eigenvalue weighted by atomic mass is 79.9. The first-order valence-corrected chi connectivity index (χ1v) is 5.97. The van der Waals surface area contributed by atoms with Crippen LogP contribution in [0, 0.1) is 6.92 Å². The molecular formula is C10H6Br2ClN. The van der Waals surface area contributed by atoms with E-state index in [4.69, 9.17) is 11.6 Å². The van der Waals surface area contributed by atoms with E-state index in [2.05, 4.69) is 36.8 Å². The Labute approximate surface area is 104 Å². The van der Waals surface area contributed by atoms with E-state index in [1.54, 1.807) is 0 Å². The number of hydrogen-bond donors (Lipinski definition) is 0. The SMILES string of the molecule is Cc1nc(Br)c2ccc(Cl)cc2c1Br. The van der Waals surface area contributed by atoms with Crippen molar-refractivity contribution >= 4 is 54.2 Å². The Kier molecular flexibility index (Phi) is 2.82. The highest BCUT2D eigenvalue weighted by molar-refractivity contribution is 9.11. The third-order valence-corrected chi connectivity index (χ3v) is 3.86. The Balaban J connectivity index is 2.95. The zero-order valence-corrected chi connectivity index (χ0v) is 11.2. The Morgan fingerprint density at radius 2 is 1.93 bits per heavy atom. The maximum Gasteiger partial charge on any atom is 0.114 e. The lowest BCUT2D eigenvalue weighted by Gasteiger charge is -2.06. The lowest BCUT2D eigenvalue weighted by atomic mass is 10.1. The van der Waals surface area contributed by atoms with Crippen LogP contribution in [0.5, 0.6) is 0 Å². The van der Waals surface area contributed by atoms with Gasteiger partial charge in [-0.05, 0) is 50.9 Å². The van der Waals surface area contributed by atoms with Gasteiger partial charge in [0.25, 0.3) is 0 Å². The van der Waals surface area contributed by atoms with Crippen molar-refractivity contribution in [2.75, 3.05) is 0 Å². The maximum absolute atomic E-state index is 5.94. The van der Waals surface area contributed by atoms with Gasteiger partial charge in [-0.25, -0.2) is 4.98 Å². The average Bonchev–Trinajstić information content (AvgIpc) is 2.14. The second-order valence-electron chi connectivity index (χ2n) is 2.99. The first-order valence-electron chi connectivity index (χ1n) is 4.00. The standard InChI is InChI=1S/C10H6Br2ClN/c1-5-9(11)8-4-6(13)2-3-7(8)10(12)14-5/h2-4H,1H3. The molecule has 0 saturated heterocycles. The van der Waals surface area contributed by atoms with E-state index in [-0.39, 0.29) is 0 Å². The zero-order valence-electron chi connectivity index (χ0n) is 7.31. The van der Waals surface area contributed by atoms with Crippen LogP contribution in [0.25, 0.3) is 10.8 Å². The first kappa shape index (κ1) is 10.4. The molecule has 0 unspecified atom stereocenters. The number of aryl methyl sites for hydroxylation is 1. The molecule has 0 spiro atoms. The average molecular weight is 335 g/mol. The molecule has 4 heteroatoms. The predicted octanol–water partition coefficient (Wildman–Crippen LogP) is 4.72. The third-order valence-electron chi connectivity index (χ3n) is 2.02. The van der Waals surface area contributed by atoms with E-state index >= 15 is 0 Å². The number of nitrogens with zero attached hydrogens (tertiary/aromatic N) is 1. The summed E-state index contributed by atoms with van der Waals surface area (Å²) in [6, 6.07) is 5.75. The van der Waals surface area contributed by atoms with Crippen molar-refractivity contribution in [3.63, 3.8) is 0 Å². The molecule has 1 aromatic heterocycles. The molecule has 1 heterocycles. The van der Waals surface area contributed by atoms with Gasteiger partial charge in [0, 0.05) is 20.3 Å². The first-order chi connectivity index (χ1) is 6.59. The van der Waals surface area contributed by atoms with Gasteiger partial charge in [0.15, 0.2) is 0 Å². The third kappa shape index (κ3) is 1.69. The fraction of sp³-hybridized carbons (Fsp3) is 0.100. The van der Waals surface area contributed by atoms with Crippen LogP contribution in [0.2, 0.25) is 5.02 Å². The van der Waals surface area contributed by atoms with Gasteiger partial charge in [0.05, 0.1) is 5.69 Å². The Morgan fingerprint density at radius 3 is 2.64 bits per heavy atom. The molecule has 72 valence electrons. The molecule has 0 aliphatic rings. The van der Waals surface area contributed by atoms with Crippen LogP contribution in [0.1, 0.15) is 5.69 Å². The summed E-state index contributed by atoms with van der Waals surface area (Å²) in [5, 5.41) is 2.87. The lowest BCUT2D eigenvalue weighted by Crippen LogP contribution is -1.87. The van der Waals surface area contributed by atoms with Gasteiger partial charge in [-0.15, -0.1) is 0 Å². The maximum atomic E-state index is 5.94. The minimum Gasteiger partial charge on any atom is -0.244 e. The number of rotatable bonds is 0. The summed E-state index contributed by atoms with van der Waals surface area (Å²) >= 11 is 12.9. The van der Waals surface area contributed by atoms with Gasteiger partial charge in [0.2, 0.25) is 0 Å². The molecule has 0 aliphatic heterocycles. The molecule has 0 fully saturated rings. The van der Waals surface area contributed by atoms with Crippen molar-refractivity contribution in [1.82, 2.24) is 4.98 Å². The number of hydrogen-bond acceptors (Lipinski definition) is 1. The Bertz CT molecular complexity index is 511. The highest BCUT2D eigenvalue weighted by Crippen LogP contribution is 2.32. The van der Waals surface area contributed by atoms with Crippen LogP contribution < -0.4 is 0 Å². The summed E-state index contributed by atoms with van der Waals surface area (Å²) < 4.78 is 1.85. The van der Waals surface area contributed by atoms with Gasteiger partial charge in [0.1, 0.15) is 4.60 Å². The van der Waals surface area contributed by atoms with Gasteiger partial charge >= 0.3 is 0 Å². The molecule has 0 atom stereocenters. The van der Waals surface area contributed by atoms with E-state index in [0.717, 1.165) is 30.6 Å². The topological polar surface area (TPSA) is 12.9 Å². The minimum atomic E-state index is 0.732. The summed E-state index contributed by atoms with van der Waals surface area (Å²) in [5.41, 5.74) is 0.951. The summed E-state index contributed by atoms with van der Waals surface area (Å²) in [5.74, 6) is 0. The van der Waals surface area contributed by atoms with Gasteiger partial charge in [-0.1, -0.05) is 17.7 Å².